The summed E-state index contributed by atoms with van der Waals surface area (Å²) in [4.78, 5) is 0. The van der Waals surface area contributed by atoms with Gasteiger partial charge in [0, 0.05) is 5.69 Å². The first-order valence-corrected chi connectivity index (χ1v) is 4.07. The summed E-state index contributed by atoms with van der Waals surface area (Å²) in [6.45, 7) is 3.90. The van der Waals surface area contributed by atoms with Gasteiger partial charge in [-0.3, -0.25) is 0 Å². The molecule has 62 valence electrons. The predicted octanol–water partition coefficient (Wildman–Crippen LogP) is 2.51. The third-order valence-corrected chi connectivity index (χ3v) is 1.52. The van der Waals surface area contributed by atoms with Gasteiger partial charge in [-0.15, -0.1) is 5.92 Å². The van der Waals surface area contributed by atoms with Crippen molar-refractivity contribution in [3.8, 4) is 11.8 Å². The minimum Gasteiger partial charge on any atom is -0.372 e. The van der Waals surface area contributed by atoms with Crippen molar-refractivity contribution in [1.82, 2.24) is 0 Å². The molecule has 0 amide bonds. The Morgan fingerprint density at radius 1 is 1.25 bits per heavy atom. The van der Waals surface area contributed by atoms with Gasteiger partial charge in [-0.1, -0.05) is 24.1 Å². The van der Waals surface area contributed by atoms with Crippen molar-refractivity contribution in [2.45, 2.75) is 19.9 Å². The summed E-state index contributed by atoms with van der Waals surface area (Å²) in [6.07, 6.45) is 0. The smallest absolute Gasteiger partial charge is 0.0848 e. The van der Waals surface area contributed by atoms with Crippen molar-refractivity contribution in [3.63, 3.8) is 0 Å². The van der Waals surface area contributed by atoms with Crippen molar-refractivity contribution in [2.24, 2.45) is 0 Å². The van der Waals surface area contributed by atoms with Gasteiger partial charge in [0.05, 0.1) is 6.04 Å². The molecule has 0 aliphatic heterocycles. The summed E-state index contributed by atoms with van der Waals surface area (Å²) in [7, 11) is 0. The highest BCUT2D eigenvalue weighted by molar-refractivity contribution is 5.44. The Hall–Kier alpha value is -1.42. The molecule has 1 atom stereocenters. The highest BCUT2D eigenvalue weighted by Gasteiger charge is 1.94. The Labute approximate surface area is 73.8 Å². The van der Waals surface area contributed by atoms with Crippen LogP contribution < -0.4 is 5.32 Å². The normalized spacial score (nSPS) is 11.2. The van der Waals surface area contributed by atoms with E-state index in [1.165, 1.54) is 0 Å². The standard InChI is InChI=1S/C11H13N/c1-3-7-10(2)12-11-8-5-4-6-9-11/h4-6,8-10,12H,1-2H3. The van der Waals surface area contributed by atoms with Crippen LogP contribution in [-0.2, 0) is 0 Å². The van der Waals surface area contributed by atoms with E-state index >= 15 is 0 Å². The number of nitrogens with one attached hydrogen (secondary N) is 1. The van der Waals surface area contributed by atoms with E-state index in [1.807, 2.05) is 44.2 Å². The Balaban J connectivity index is 2.56. The van der Waals surface area contributed by atoms with Gasteiger partial charge in [0.15, 0.2) is 0 Å². The van der Waals surface area contributed by atoms with E-state index in [1.54, 1.807) is 0 Å². The molecule has 1 rings (SSSR count). The van der Waals surface area contributed by atoms with Gasteiger partial charge in [0.2, 0.25) is 0 Å². The topological polar surface area (TPSA) is 12.0 Å². The first-order valence-electron chi connectivity index (χ1n) is 4.07. The van der Waals surface area contributed by atoms with E-state index in [0.717, 1.165) is 5.69 Å². The highest BCUT2D eigenvalue weighted by Crippen LogP contribution is 2.05. The van der Waals surface area contributed by atoms with Crippen molar-refractivity contribution >= 4 is 5.69 Å². The predicted molar refractivity (Wildman–Crippen MR) is 53.0 cm³/mol. The van der Waals surface area contributed by atoms with Gasteiger partial charge < -0.3 is 5.32 Å². The Bertz CT molecular complexity index is 279. The first-order chi connectivity index (χ1) is 5.83. The average Bonchev–Trinajstić information content (AvgIpc) is 2.06. The van der Waals surface area contributed by atoms with Gasteiger partial charge in [0.25, 0.3) is 0 Å². The molecule has 1 heteroatoms. The molecule has 0 radical (unpaired) electrons. The van der Waals surface area contributed by atoms with Gasteiger partial charge in [-0.05, 0) is 26.0 Å². The zero-order valence-electron chi connectivity index (χ0n) is 7.46. The molecule has 0 spiro atoms. The Morgan fingerprint density at radius 3 is 2.50 bits per heavy atom. The van der Waals surface area contributed by atoms with E-state index in [2.05, 4.69) is 17.2 Å². The van der Waals surface area contributed by atoms with Crippen LogP contribution in [0.3, 0.4) is 0 Å². The maximum Gasteiger partial charge on any atom is 0.0848 e. The van der Waals surface area contributed by atoms with Crippen LogP contribution in [-0.4, -0.2) is 6.04 Å². The summed E-state index contributed by atoms with van der Waals surface area (Å²) in [5, 5.41) is 3.27. The Morgan fingerprint density at radius 2 is 1.92 bits per heavy atom. The van der Waals surface area contributed by atoms with Crippen LogP contribution in [0.25, 0.3) is 0 Å². The lowest BCUT2D eigenvalue weighted by Gasteiger charge is -2.07. The first kappa shape index (κ1) is 8.67. The van der Waals surface area contributed by atoms with E-state index in [4.69, 9.17) is 0 Å². The number of benzene rings is 1. The van der Waals surface area contributed by atoms with Crippen LogP contribution in [0.5, 0.6) is 0 Å². The second-order valence-electron chi connectivity index (χ2n) is 2.63. The molecule has 1 aromatic rings. The number of anilines is 1. The van der Waals surface area contributed by atoms with Gasteiger partial charge >= 0.3 is 0 Å². The summed E-state index contributed by atoms with van der Waals surface area (Å²) < 4.78 is 0. The van der Waals surface area contributed by atoms with Crippen molar-refractivity contribution in [2.75, 3.05) is 5.32 Å². The zero-order valence-corrected chi connectivity index (χ0v) is 7.46. The van der Waals surface area contributed by atoms with Crippen LogP contribution in [0, 0.1) is 11.8 Å². The molecule has 1 nitrogen and oxygen atoms in total. The van der Waals surface area contributed by atoms with Gasteiger partial charge in [0.1, 0.15) is 0 Å². The van der Waals surface area contributed by atoms with E-state index in [0.29, 0.717) is 0 Å². The molecule has 0 heterocycles. The van der Waals surface area contributed by atoms with Crippen molar-refractivity contribution in [3.05, 3.63) is 30.3 Å². The lowest BCUT2D eigenvalue weighted by molar-refractivity contribution is 1.03. The SMILES string of the molecule is CC#CC(C)Nc1ccccc1. The van der Waals surface area contributed by atoms with Crippen LogP contribution >= 0.6 is 0 Å². The monoisotopic (exact) mass is 159 g/mol. The fraction of sp³-hybridized carbons (Fsp3) is 0.273. The number of para-hydroxylation sites is 1. The third kappa shape index (κ3) is 2.67. The number of rotatable bonds is 2. The summed E-state index contributed by atoms with van der Waals surface area (Å²) in [5.41, 5.74) is 1.12. The molecule has 0 fully saturated rings. The molecule has 0 saturated heterocycles. The summed E-state index contributed by atoms with van der Waals surface area (Å²) in [6, 6.07) is 10.3. The lowest BCUT2D eigenvalue weighted by atomic mass is 10.3. The molecule has 1 aromatic carbocycles. The second kappa shape index (κ2) is 4.46. The lowest BCUT2D eigenvalue weighted by Crippen LogP contribution is -2.11. The fourth-order valence-electron chi connectivity index (χ4n) is 1.04. The fourth-order valence-corrected chi connectivity index (χ4v) is 1.04. The van der Waals surface area contributed by atoms with Crippen LogP contribution in [0.2, 0.25) is 0 Å². The van der Waals surface area contributed by atoms with Gasteiger partial charge in [-0.2, -0.15) is 0 Å². The maximum absolute atomic E-state index is 3.27. The highest BCUT2D eigenvalue weighted by atomic mass is 14.9. The molecule has 12 heavy (non-hydrogen) atoms. The number of hydrogen-bond acceptors (Lipinski definition) is 1. The van der Waals surface area contributed by atoms with E-state index in [9.17, 15) is 0 Å². The average molecular weight is 159 g/mol. The summed E-state index contributed by atoms with van der Waals surface area (Å²) >= 11 is 0. The largest absolute Gasteiger partial charge is 0.372 e. The van der Waals surface area contributed by atoms with Crippen molar-refractivity contribution < 1.29 is 0 Å². The number of hydrogen-bond donors (Lipinski definition) is 1. The Kier molecular flexibility index (Phi) is 3.22. The van der Waals surface area contributed by atoms with E-state index in [-0.39, 0.29) is 6.04 Å². The summed E-state index contributed by atoms with van der Waals surface area (Å²) in [5.74, 6) is 5.91. The zero-order chi connectivity index (χ0) is 8.81. The van der Waals surface area contributed by atoms with Crippen LogP contribution in [0.4, 0.5) is 5.69 Å². The van der Waals surface area contributed by atoms with Gasteiger partial charge in [-0.25, -0.2) is 0 Å². The maximum atomic E-state index is 3.27. The second-order valence-corrected chi connectivity index (χ2v) is 2.63. The minimum atomic E-state index is 0.220. The third-order valence-electron chi connectivity index (χ3n) is 1.52. The van der Waals surface area contributed by atoms with Crippen molar-refractivity contribution in [1.29, 1.82) is 0 Å². The quantitative estimate of drug-likeness (QED) is 0.654. The molecule has 1 N–H and O–H groups in total. The molecule has 0 aromatic heterocycles. The minimum absolute atomic E-state index is 0.220. The molecule has 0 bridgehead atoms. The molecular formula is C11H13N. The van der Waals surface area contributed by atoms with Crippen LogP contribution in [0.15, 0.2) is 30.3 Å². The molecule has 1 unspecified atom stereocenters. The van der Waals surface area contributed by atoms with Crippen LogP contribution in [0.1, 0.15) is 13.8 Å². The molecule has 0 aliphatic carbocycles. The molecule has 0 saturated carbocycles. The molecular weight excluding hydrogens is 146 g/mol. The van der Waals surface area contributed by atoms with E-state index < -0.39 is 0 Å². The molecule has 0 aliphatic rings.